The van der Waals surface area contributed by atoms with Gasteiger partial charge in [0.1, 0.15) is 11.6 Å². The maximum Gasteiger partial charge on any atom is 0.308 e. The van der Waals surface area contributed by atoms with Crippen molar-refractivity contribution in [3.63, 3.8) is 0 Å². The Morgan fingerprint density at radius 1 is 0.909 bits per heavy atom. The molecule has 13 heteroatoms. The lowest BCUT2D eigenvalue weighted by molar-refractivity contribution is -0.402. The van der Waals surface area contributed by atoms with E-state index in [4.69, 9.17) is 11.5 Å². The first-order valence-corrected chi connectivity index (χ1v) is 5.45. The number of rotatable bonds is 4. The summed E-state index contributed by atoms with van der Waals surface area (Å²) in [4.78, 5) is 30.0. The number of nitro benzene ring substituents is 3. The summed E-state index contributed by atoms with van der Waals surface area (Å²) in [7, 11) is 0. The van der Waals surface area contributed by atoms with Gasteiger partial charge in [0.25, 0.3) is 5.69 Å². The van der Waals surface area contributed by atoms with Crippen LogP contribution in [-0.2, 0) is 0 Å². The summed E-state index contributed by atoms with van der Waals surface area (Å²) in [6.07, 6.45) is 0. The standard InChI is InChI=1S/C9H7N7O6/c10-7-3-8(11)13(12-7)9-5(15(19)20)1-4(14(17)18)2-6(9)16(21)22/h1-3H,11H2,(H2,10,12). The topological polar surface area (TPSA) is 199 Å². The Kier molecular flexibility index (Phi) is 3.30. The zero-order valence-corrected chi connectivity index (χ0v) is 10.6. The third kappa shape index (κ3) is 2.33. The van der Waals surface area contributed by atoms with E-state index >= 15 is 0 Å². The van der Waals surface area contributed by atoms with Crippen molar-refractivity contribution in [1.82, 2.24) is 9.78 Å². The fourth-order valence-corrected chi connectivity index (χ4v) is 1.78. The van der Waals surface area contributed by atoms with E-state index in [0.717, 1.165) is 6.07 Å². The Morgan fingerprint density at radius 3 is 1.73 bits per heavy atom. The van der Waals surface area contributed by atoms with Crippen LogP contribution in [0.1, 0.15) is 0 Å². The molecule has 0 atom stereocenters. The van der Waals surface area contributed by atoms with E-state index in [0.29, 0.717) is 16.8 Å². The summed E-state index contributed by atoms with van der Waals surface area (Å²) in [6, 6.07) is 2.30. The van der Waals surface area contributed by atoms with Gasteiger partial charge >= 0.3 is 11.4 Å². The number of hydrogen-bond acceptors (Lipinski definition) is 9. The summed E-state index contributed by atoms with van der Waals surface area (Å²) < 4.78 is 0.690. The van der Waals surface area contributed by atoms with Crippen molar-refractivity contribution in [3.05, 3.63) is 48.5 Å². The van der Waals surface area contributed by atoms with E-state index in [-0.39, 0.29) is 11.6 Å². The monoisotopic (exact) mass is 309 g/mol. The molecule has 1 aromatic heterocycles. The highest BCUT2D eigenvalue weighted by Crippen LogP contribution is 2.37. The average molecular weight is 309 g/mol. The molecule has 1 aromatic carbocycles. The predicted octanol–water partition coefficient (Wildman–Crippen LogP) is 0.761. The largest absolute Gasteiger partial charge is 0.384 e. The second-order valence-corrected chi connectivity index (χ2v) is 4.01. The van der Waals surface area contributed by atoms with Gasteiger partial charge in [0.05, 0.1) is 26.9 Å². The number of nitrogen functional groups attached to an aromatic ring is 2. The minimum Gasteiger partial charge on any atom is -0.384 e. The molecule has 13 nitrogen and oxygen atoms in total. The van der Waals surface area contributed by atoms with Gasteiger partial charge in [-0.05, 0) is 0 Å². The molecule has 0 aliphatic carbocycles. The minimum atomic E-state index is -1.01. The van der Waals surface area contributed by atoms with Gasteiger partial charge in [-0.25, -0.2) is 4.68 Å². The third-order valence-electron chi connectivity index (χ3n) is 2.63. The second-order valence-electron chi connectivity index (χ2n) is 4.01. The van der Waals surface area contributed by atoms with Gasteiger partial charge < -0.3 is 11.5 Å². The summed E-state index contributed by atoms with van der Waals surface area (Å²) in [6.45, 7) is 0. The fourth-order valence-electron chi connectivity index (χ4n) is 1.78. The molecule has 1 heterocycles. The molecule has 2 rings (SSSR count). The third-order valence-corrected chi connectivity index (χ3v) is 2.63. The van der Waals surface area contributed by atoms with Crippen LogP contribution in [0, 0.1) is 30.3 Å². The van der Waals surface area contributed by atoms with Crippen LogP contribution in [0.3, 0.4) is 0 Å². The fraction of sp³-hybridized carbons (Fsp3) is 0. The molecule has 0 saturated carbocycles. The molecule has 114 valence electrons. The highest BCUT2D eigenvalue weighted by Gasteiger charge is 2.33. The molecule has 0 saturated heterocycles. The zero-order chi connectivity index (χ0) is 16.6. The van der Waals surface area contributed by atoms with Crippen molar-refractivity contribution in [1.29, 1.82) is 0 Å². The number of nitro groups is 3. The van der Waals surface area contributed by atoms with Crippen molar-refractivity contribution in [2.24, 2.45) is 0 Å². The normalized spacial score (nSPS) is 10.4. The number of anilines is 2. The molecule has 4 N–H and O–H groups in total. The summed E-state index contributed by atoms with van der Waals surface area (Å²) in [5, 5.41) is 36.6. The van der Waals surface area contributed by atoms with Crippen molar-refractivity contribution in [3.8, 4) is 5.69 Å². The molecular weight excluding hydrogens is 302 g/mol. The van der Waals surface area contributed by atoms with Crippen molar-refractivity contribution in [2.45, 2.75) is 0 Å². The highest BCUT2D eigenvalue weighted by molar-refractivity contribution is 5.71. The summed E-state index contributed by atoms with van der Waals surface area (Å²) in [5.74, 6) is -0.322. The number of hydrogen-bond donors (Lipinski definition) is 2. The van der Waals surface area contributed by atoms with Crippen LogP contribution in [-0.4, -0.2) is 24.6 Å². The lowest BCUT2D eigenvalue weighted by atomic mass is 10.2. The van der Waals surface area contributed by atoms with Gasteiger partial charge in [-0.3, -0.25) is 30.3 Å². The van der Waals surface area contributed by atoms with Crippen LogP contribution in [0.4, 0.5) is 28.7 Å². The number of non-ortho nitro benzene ring substituents is 1. The first kappa shape index (κ1) is 14.6. The van der Waals surface area contributed by atoms with Crippen LogP contribution in [0.15, 0.2) is 18.2 Å². The Labute approximate surface area is 120 Å². The molecule has 22 heavy (non-hydrogen) atoms. The molecule has 0 bridgehead atoms. The summed E-state index contributed by atoms with van der Waals surface area (Å²) in [5.41, 5.74) is 7.73. The first-order chi connectivity index (χ1) is 10.2. The van der Waals surface area contributed by atoms with E-state index in [2.05, 4.69) is 5.10 Å². The predicted molar refractivity (Wildman–Crippen MR) is 72.4 cm³/mol. The smallest absolute Gasteiger partial charge is 0.308 e. The van der Waals surface area contributed by atoms with Crippen LogP contribution in [0.25, 0.3) is 5.69 Å². The van der Waals surface area contributed by atoms with E-state index in [1.54, 1.807) is 0 Å². The molecule has 2 aromatic rings. The lowest BCUT2D eigenvalue weighted by Crippen LogP contribution is -2.09. The van der Waals surface area contributed by atoms with Gasteiger partial charge in [0.15, 0.2) is 0 Å². The van der Waals surface area contributed by atoms with E-state index < -0.39 is 37.5 Å². The highest BCUT2D eigenvalue weighted by atomic mass is 16.6. The number of nitrogens with zero attached hydrogens (tertiary/aromatic N) is 5. The lowest BCUT2D eigenvalue weighted by Gasteiger charge is -2.06. The van der Waals surface area contributed by atoms with Gasteiger partial charge in [0, 0.05) is 6.07 Å². The molecule has 0 aliphatic rings. The maximum atomic E-state index is 11.1. The molecule has 0 spiro atoms. The van der Waals surface area contributed by atoms with Crippen LogP contribution in [0.5, 0.6) is 0 Å². The number of aromatic nitrogens is 2. The van der Waals surface area contributed by atoms with E-state index in [1.165, 1.54) is 0 Å². The average Bonchev–Trinajstić information content (AvgIpc) is 2.75. The van der Waals surface area contributed by atoms with Crippen LogP contribution in [0.2, 0.25) is 0 Å². The Morgan fingerprint density at radius 2 is 1.41 bits per heavy atom. The van der Waals surface area contributed by atoms with Crippen LogP contribution >= 0.6 is 0 Å². The van der Waals surface area contributed by atoms with Crippen molar-refractivity contribution < 1.29 is 14.8 Å². The van der Waals surface area contributed by atoms with Crippen molar-refractivity contribution >= 4 is 28.7 Å². The number of benzene rings is 1. The minimum absolute atomic E-state index is 0.126. The Hall–Kier alpha value is -3.77. The number of nitrogens with two attached hydrogens (primary N) is 2. The molecule has 0 aliphatic heterocycles. The molecule has 0 unspecified atom stereocenters. The van der Waals surface area contributed by atoms with E-state index in [9.17, 15) is 30.3 Å². The maximum absolute atomic E-state index is 11.1. The van der Waals surface area contributed by atoms with E-state index in [1.807, 2.05) is 0 Å². The molecule has 0 amide bonds. The molecule has 0 fully saturated rings. The quantitative estimate of drug-likeness (QED) is 0.603. The van der Waals surface area contributed by atoms with Crippen LogP contribution < -0.4 is 11.5 Å². The molecular formula is C9H7N7O6. The van der Waals surface area contributed by atoms with Crippen molar-refractivity contribution in [2.75, 3.05) is 11.5 Å². The first-order valence-electron chi connectivity index (χ1n) is 5.45. The van der Waals surface area contributed by atoms with Gasteiger partial charge in [-0.2, -0.15) is 0 Å². The van der Waals surface area contributed by atoms with Gasteiger partial charge in [-0.1, -0.05) is 0 Å². The SMILES string of the molecule is Nc1cc(N)n(-c2c([N+](=O)[O-])cc([N+](=O)[O-])cc2[N+](=O)[O-])n1. The Bertz CT molecular complexity index is 778. The van der Waals surface area contributed by atoms with Gasteiger partial charge in [0.2, 0.25) is 5.69 Å². The Balaban J connectivity index is 2.91. The summed E-state index contributed by atoms with van der Waals surface area (Å²) >= 11 is 0. The zero-order valence-electron chi connectivity index (χ0n) is 10.6. The molecule has 0 radical (unpaired) electrons. The van der Waals surface area contributed by atoms with Gasteiger partial charge in [-0.15, -0.1) is 5.10 Å². The second kappa shape index (κ2) is 4.97.